The molecular formula is C16H20N2O4. The Morgan fingerprint density at radius 1 is 1.23 bits per heavy atom. The zero-order valence-electron chi connectivity index (χ0n) is 12.8. The van der Waals surface area contributed by atoms with Crippen LogP contribution < -0.4 is 0 Å². The Kier molecular flexibility index (Phi) is 6.95. The highest BCUT2D eigenvalue weighted by molar-refractivity contribution is 5.99. The first-order valence-corrected chi connectivity index (χ1v) is 7.19. The van der Waals surface area contributed by atoms with E-state index in [2.05, 4.69) is 0 Å². The topological polar surface area (TPSA) is 80.5 Å². The van der Waals surface area contributed by atoms with Crippen molar-refractivity contribution in [3.05, 3.63) is 58.2 Å². The normalized spacial score (nSPS) is 12.1. The summed E-state index contributed by atoms with van der Waals surface area (Å²) < 4.78 is 0. The fraction of sp³-hybridized carbons (Fsp3) is 0.375. The van der Waals surface area contributed by atoms with E-state index in [0.717, 1.165) is 0 Å². The number of nitrogens with zero attached hydrogens (tertiary/aromatic N) is 2. The Bertz CT molecular complexity index is 551. The van der Waals surface area contributed by atoms with Crippen molar-refractivity contribution >= 4 is 11.7 Å². The van der Waals surface area contributed by atoms with Crippen LogP contribution in [0, 0.1) is 10.1 Å². The molecule has 1 atom stereocenters. The van der Waals surface area contributed by atoms with Gasteiger partial charge in [-0.3, -0.25) is 19.7 Å². The fourth-order valence-electron chi connectivity index (χ4n) is 2.02. The lowest BCUT2D eigenvalue weighted by Crippen LogP contribution is -2.30. The number of rotatable bonds is 8. The van der Waals surface area contributed by atoms with Crippen molar-refractivity contribution in [2.24, 2.45) is 0 Å². The molecule has 1 amide bonds. The summed E-state index contributed by atoms with van der Waals surface area (Å²) in [4.78, 5) is 36.0. The van der Waals surface area contributed by atoms with E-state index in [0.29, 0.717) is 18.7 Å². The molecule has 118 valence electrons. The average molecular weight is 304 g/mol. The molecule has 0 aromatic heterocycles. The van der Waals surface area contributed by atoms with Gasteiger partial charge in [0.15, 0.2) is 0 Å². The molecule has 0 fully saturated rings. The minimum absolute atomic E-state index is 0.103. The first-order valence-electron chi connectivity index (χ1n) is 7.19. The maximum atomic E-state index is 12.1. The van der Waals surface area contributed by atoms with Crippen LogP contribution in [0.1, 0.15) is 30.6 Å². The van der Waals surface area contributed by atoms with E-state index in [-0.39, 0.29) is 12.3 Å². The molecule has 0 aliphatic rings. The molecule has 0 spiro atoms. The summed E-state index contributed by atoms with van der Waals surface area (Å²) in [6, 6.07) is 6.77. The van der Waals surface area contributed by atoms with Gasteiger partial charge < -0.3 is 4.90 Å². The van der Waals surface area contributed by atoms with Crippen LogP contribution in [0.3, 0.4) is 0 Å². The van der Waals surface area contributed by atoms with Gasteiger partial charge in [-0.2, -0.15) is 0 Å². The van der Waals surface area contributed by atoms with Crippen molar-refractivity contribution < 1.29 is 14.5 Å². The van der Waals surface area contributed by atoms with Gasteiger partial charge in [0.25, 0.3) is 6.04 Å². The van der Waals surface area contributed by atoms with Crippen LogP contribution in [-0.4, -0.2) is 40.6 Å². The third-order valence-corrected chi connectivity index (χ3v) is 3.31. The minimum atomic E-state index is -1.37. The van der Waals surface area contributed by atoms with Crippen LogP contribution in [0.25, 0.3) is 0 Å². The summed E-state index contributed by atoms with van der Waals surface area (Å²) in [5, 5.41) is 11.1. The van der Waals surface area contributed by atoms with Crippen LogP contribution >= 0.6 is 0 Å². The number of Topliss-reactive ketones (excluding diaryl/α,β-unsaturated/α-hetero) is 1. The monoisotopic (exact) mass is 304 g/mol. The van der Waals surface area contributed by atoms with Crippen LogP contribution in [0.4, 0.5) is 0 Å². The predicted octanol–water partition coefficient (Wildman–Crippen LogP) is 2.33. The number of ketones is 1. The number of hydrogen-bond donors (Lipinski definition) is 0. The van der Waals surface area contributed by atoms with Crippen LogP contribution in [0.15, 0.2) is 42.5 Å². The third-order valence-electron chi connectivity index (χ3n) is 3.31. The van der Waals surface area contributed by atoms with Gasteiger partial charge in [0.1, 0.15) is 0 Å². The second-order valence-electron chi connectivity index (χ2n) is 4.68. The molecule has 6 heteroatoms. The average Bonchev–Trinajstić information content (AvgIpc) is 2.52. The van der Waals surface area contributed by atoms with Crippen molar-refractivity contribution in [3.8, 4) is 0 Å². The van der Waals surface area contributed by atoms with Gasteiger partial charge in [-0.15, -0.1) is 0 Å². The Morgan fingerprint density at radius 3 is 2.32 bits per heavy atom. The molecule has 1 aromatic rings. The predicted molar refractivity (Wildman–Crippen MR) is 83.2 cm³/mol. The molecule has 0 aliphatic heterocycles. The summed E-state index contributed by atoms with van der Waals surface area (Å²) in [5.41, 5.74) is 0.299. The molecule has 0 saturated heterocycles. The van der Waals surface area contributed by atoms with Gasteiger partial charge in [0, 0.05) is 30.0 Å². The number of likely N-dealkylation sites (N-methyl/N-ethyl adjacent to an activating group) is 1. The Hall–Kier alpha value is -2.50. The van der Waals surface area contributed by atoms with E-state index < -0.39 is 16.7 Å². The summed E-state index contributed by atoms with van der Waals surface area (Å²) in [6.07, 6.45) is 2.59. The van der Waals surface area contributed by atoms with E-state index in [1.165, 1.54) is 12.2 Å². The molecule has 0 bridgehead atoms. The first-order chi connectivity index (χ1) is 10.5. The SMILES string of the molecule is CCN(CC)C(=O)/C=C/CC(C(=O)c1ccccc1)[N+](=O)[O-]. The van der Waals surface area contributed by atoms with Crippen LogP contribution in [-0.2, 0) is 4.79 Å². The summed E-state index contributed by atoms with van der Waals surface area (Å²) >= 11 is 0. The van der Waals surface area contributed by atoms with Crippen LogP contribution in [0.2, 0.25) is 0 Å². The zero-order valence-corrected chi connectivity index (χ0v) is 12.8. The fourth-order valence-corrected chi connectivity index (χ4v) is 2.02. The minimum Gasteiger partial charge on any atom is -0.340 e. The second kappa shape index (κ2) is 8.71. The largest absolute Gasteiger partial charge is 0.340 e. The molecular weight excluding hydrogens is 284 g/mol. The highest BCUT2D eigenvalue weighted by Gasteiger charge is 2.29. The summed E-state index contributed by atoms with van der Waals surface area (Å²) in [5.74, 6) is -0.759. The Labute approximate surface area is 129 Å². The van der Waals surface area contributed by atoms with Gasteiger partial charge >= 0.3 is 0 Å². The quantitative estimate of drug-likeness (QED) is 0.319. The highest BCUT2D eigenvalue weighted by atomic mass is 16.6. The van der Waals surface area contributed by atoms with Crippen molar-refractivity contribution in [1.82, 2.24) is 4.90 Å². The first kappa shape index (κ1) is 17.6. The lowest BCUT2D eigenvalue weighted by Gasteiger charge is -2.15. The Morgan fingerprint density at radius 2 is 1.82 bits per heavy atom. The number of hydrogen-bond acceptors (Lipinski definition) is 4. The van der Waals surface area contributed by atoms with Crippen molar-refractivity contribution in [3.63, 3.8) is 0 Å². The van der Waals surface area contributed by atoms with Gasteiger partial charge in [-0.05, 0) is 19.9 Å². The molecule has 0 radical (unpaired) electrons. The highest BCUT2D eigenvalue weighted by Crippen LogP contribution is 2.10. The van der Waals surface area contributed by atoms with E-state index in [9.17, 15) is 19.7 Å². The van der Waals surface area contributed by atoms with Crippen molar-refractivity contribution in [2.75, 3.05) is 13.1 Å². The molecule has 0 aliphatic carbocycles. The number of carbonyl (C=O) groups excluding carboxylic acids is 2. The van der Waals surface area contributed by atoms with E-state index in [1.807, 2.05) is 13.8 Å². The number of benzene rings is 1. The van der Waals surface area contributed by atoms with Crippen molar-refractivity contribution in [1.29, 1.82) is 0 Å². The van der Waals surface area contributed by atoms with Gasteiger partial charge in [-0.25, -0.2) is 0 Å². The molecule has 0 saturated carbocycles. The second-order valence-corrected chi connectivity index (χ2v) is 4.68. The Balaban J connectivity index is 2.76. The molecule has 0 N–H and O–H groups in total. The summed E-state index contributed by atoms with van der Waals surface area (Å²) in [7, 11) is 0. The maximum absolute atomic E-state index is 12.1. The third kappa shape index (κ3) is 4.80. The van der Waals surface area contributed by atoms with Gasteiger partial charge in [0.2, 0.25) is 11.7 Å². The van der Waals surface area contributed by atoms with Gasteiger partial charge in [0.05, 0.1) is 0 Å². The standard InChI is InChI=1S/C16H20N2O4/c1-3-17(4-2)15(19)12-8-11-14(18(21)22)16(20)13-9-6-5-7-10-13/h5-10,12,14H,3-4,11H2,1-2H3/b12-8+. The van der Waals surface area contributed by atoms with E-state index in [4.69, 9.17) is 0 Å². The zero-order chi connectivity index (χ0) is 16.5. The van der Waals surface area contributed by atoms with E-state index >= 15 is 0 Å². The maximum Gasteiger partial charge on any atom is 0.278 e. The van der Waals surface area contributed by atoms with Crippen LogP contribution in [0.5, 0.6) is 0 Å². The van der Waals surface area contributed by atoms with Crippen molar-refractivity contribution in [2.45, 2.75) is 26.3 Å². The molecule has 6 nitrogen and oxygen atoms in total. The summed E-state index contributed by atoms with van der Waals surface area (Å²) in [6.45, 7) is 4.85. The molecule has 22 heavy (non-hydrogen) atoms. The lowest BCUT2D eigenvalue weighted by molar-refractivity contribution is -0.504. The lowest BCUT2D eigenvalue weighted by atomic mass is 10.0. The number of amides is 1. The molecule has 1 rings (SSSR count). The molecule has 1 aromatic carbocycles. The van der Waals surface area contributed by atoms with Gasteiger partial charge in [-0.1, -0.05) is 36.4 Å². The van der Waals surface area contributed by atoms with E-state index in [1.54, 1.807) is 35.2 Å². The molecule has 1 unspecified atom stereocenters. The molecule has 0 heterocycles. The number of carbonyl (C=O) groups is 2. The number of nitro groups is 1. The smallest absolute Gasteiger partial charge is 0.278 e.